The van der Waals surface area contributed by atoms with Crippen molar-refractivity contribution in [2.75, 3.05) is 25.6 Å². The Morgan fingerprint density at radius 3 is 2.18 bits per heavy atom. The first-order valence-corrected chi connectivity index (χ1v) is 4.24. The Kier molecular flexibility index (Phi) is 5.44. The number of hydrogen-bond donors (Lipinski definition) is 2. The van der Waals surface area contributed by atoms with E-state index < -0.39 is 0 Å². The first-order valence-electron chi connectivity index (χ1n) is 3.70. The first kappa shape index (κ1) is 11.5. The van der Waals surface area contributed by atoms with E-state index in [2.05, 4.69) is 5.32 Å². The van der Waals surface area contributed by atoms with Crippen LogP contribution in [0.4, 0.5) is 0 Å². The molecule has 68 valence electrons. The molecule has 1 aliphatic rings. The van der Waals surface area contributed by atoms with Crippen LogP contribution in [0, 0.1) is 5.41 Å². The molecule has 1 fully saturated rings. The first-order chi connectivity index (χ1) is 4.83. The number of nitrogens with one attached hydrogen (secondary N) is 1. The van der Waals surface area contributed by atoms with E-state index in [0.717, 1.165) is 25.9 Å². The minimum absolute atomic E-state index is 0. The Balaban J connectivity index is 0.000001000. The van der Waals surface area contributed by atoms with Crippen LogP contribution in [0.1, 0.15) is 12.8 Å². The number of halogens is 2. The second-order valence-electron chi connectivity index (χ2n) is 3.04. The van der Waals surface area contributed by atoms with E-state index in [4.69, 9.17) is 16.7 Å². The van der Waals surface area contributed by atoms with Gasteiger partial charge < -0.3 is 10.4 Å². The van der Waals surface area contributed by atoms with Crippen molar-refractivity contribution in [3.05, 3.63) is 0 Å². The van der Waals surface area contributed by atoms with E-state index in [-0.39, 0.29) is 24.4 Å². The molecule has 0 amide bonds. The molecule has 0 bridgehead atoms. The molecule has 0 saturated carbocycles. The van der Waals surface area contributed by atoms with Gasteiger partial charge in [0.1, 0.15) is 0 Å². The van der Waals surface area contributed by atoms with E-state index in [1.165, 1.54) is 0 Å². The van der Waals surface area contributed by atoms with Crippen LogP contribution < -0.4 is 5.32 Å². The topological polar surface area (TPSA) is 32.3 Å². The molecule has 0 radical (unpaired) electrons. The molecule has 1 aliphatic heterocycles. The maximum absolute atomic E-state index is 9.03. The number of hydrogen-bond acceptors (Lipinski definition) is 2. The van der Waals surface area contributed by atoms with Crippen LogP contribution in [-0.4, -0.2) is 30.7 Å². The summed E-state index contributed by atoms with van der Waals surface area (Å²) in [6.45, 7) is 2.22. The Morgan fingerprint density at radius 1 is 1.36 bits per heavy atom. The lowest BCUT2D eigenvalue weighted by Gasteiger charge is -2.33. The molecule has 11 heavy (non-hydrogen) atoms. The number of alkyl halides is 1. The monoisotopic (exact) mass is 199 g/mol. The van der Waals surface area contributed by atoms with E-state index in [0.29, 0.717) is 5.88 Å². The van der Waals surface area contributed by atoms with E-state index in [1.54, 1.807) is 0 Å². The van der Waals surface area contributed by atoms with Gasteiger partial charge in [-0.25, -0.2) is 0 Å². The normalized spacial score (nSPS) is 22.4. The van der Waals surface area contributed by atoms with Crippen LogP contribution in [0.2, 0.25) is 0 Å². The molecular formula is C7H15Cl2NO. The number of aliphatic hydroxyl groups is 1. The summed E-state index contributed by atoms with van der Waals surface area (Å²) in [7, 11) is 0. The molecule has 0 atom stereocenters. The van der Waals surface area contributed by atoms with Gasteiger partial charge >= 0.3 is 0 Å². The maximum atomic E-state index is 9.03. The second-order valence-corrected chi connectivity index (χ2v) is 3.31. The fourth-order valence-corrected chi connectivity index (χ4v) is 1.64. The summed E-state index contributed by atoms with van der Waals surface area (Å²) in [6, 6.07) is 0. The fraction of sp³-hybridized carbons (Fsp3) is 1.00. The van der Waals surface area contributed by atoms with E-state index in [1.807, 2.05) is 0 Å². The molecule has 1 heterocycles. The predicted molar refractivity (Wildman–Crippen MR) is 49.6 cm³/mol. The van der Waals surface area contributed by atoms with Gasteiger partial charge in [0.25, 0.3) is 0 Å². The summed E-state index contributed by atoms with van der Waals surface area (Å²) in [5.74, 6) is 0.588. The maximum Gasteiger partial charge on any atom is 0.0499 e. The van der Waals surface area contributed by atoms with Crippen molar-refractivity contribution in [3.63, 3.8) is 0 Å². The molecule has 1 rings (SSSR count). The highest BCUT2D eigenvalue weighted by Crippen LogP contribution is 2.28. The van der Waals surface area contributed by atoms with Gasteiger partial charge in [-0.1, -0.05) is 0 Å². The average Bonchev–Trinajstić information content (AvgIpc) is 2.06. The van der Waals surface area contributed by atoms with Gasteiger partial charge in [-0.15, -0.1) is 24.0 Å². The second kappa shape index (κ2) is 5.20. The third kappa shape index (κ3) is 2.79. The standard InChI is InChI=1S/C7H14ClNO.ClH/c8-5-7(6-10)1-3-9-4-2-7;/h9-10H,1-6H2;1H. The molecule has 4 heteroatoms. The van der Waals surface area contributed by atoms with Gasteiger partial charge in [0.15, 0.2) is 0 Å². The average molecular weight is 200 g/mol. The zero-order valence-electron chi connectivity index (χ0n) is 6.48. The Bertz CT molecular complexity index is 98.6. The van der Waals surface area contributed by atoms with Crippen LogP contribution in [-0.2, 0) is 0 Å². The van der Waals surface area contributed by atoms with Gasteiger partial charge in [-0.2, -0.15) is 0 Å². The molecule has 0 aliphatic carbocycles. The molecule has 0 unspecified atom stereocenters. The van der Waals surface area contributed by atoms with E-state index in [9.17, 15) is 0 Å². The highest BCUT2D eigenvalue weighted by molar-refractivity contribution is 6.18. The summed E-state index contributed by atoms with van der Waals surface area (Å²) in [5.41, 5.74) is 0.0206. The number of aliphatic hydroxyl groups excluding tert-OH is 1. The zero-order valence-corrected chi connectivity index (χ0v) is 8.05. The minimum atomic E-state index is 0. The van der Waals surface area contributed by atoms with Crippen molar-refractivity contribution in [2.24, 2.45) is 5.41 Å². The smallest absolute Gasteiger partial charge is 0.0499 e. The minimum Gasteiger partial charge on any atom is -0.396 e. The molecule has 0 aromatic heterocycles. The summed E-state index contributed by atoms with van der Waals surface area (Å²) in [6.07, 6.45) is 2.01. The fourth-order valence-electron chi connectivity index (χ4n) is 1.29. The number of piperidine rings is 1. The van der Waals surface area contributed by atoms with Crippen molar-refractivity contribution < 1.29 is 5.11 Å². The largest absolute Gasteiger partial charge is 0.396 e. The molecule has 2 nitrogen and oxygen atoms in total. The van der Waals surface area contributed by atoms with Gasteiger partial charge in [-0.3, -0.25) is 0 Å². The molecule has 2 N–H and O–H groups in total. The van der Waals surface area contributed by atoms with Gasteiger partial charge in [0, 0.05) is 17.9 Å². The molecule has 1 saturated heterocycles. The third-order valence-electron chi connectivity index (χ3n) is 2.28. The Morgan fingerprint density at radius 2 is 1.91 bits per heavy atom. The molecule has 0 aromatic rings. The SMILES string of the molecule is Cl.OCC1(CCl)CCNCC1. The van der Waals surface area contributed by atoms with Crippen LogP contribution in [0.25, 0.3) is 0 Å². The summed E-state index contributed by atoms with van der Waals surface area (Å²) >= 11 is 5.75. The van der Waals surface area contributed by atoms with Crippen molar-refractivity contribution in [2.45, 2.75) is 12.8 Å². The lowest BCUT2D eigenvalue weighted by atomic mass is 9.82. The summed E-state index contributed by atoms with van der Waals surface area (Å²) in [5, 5.41) is 12.3. The highest BCUT2D eigenvalue weighted by atomic mass is 35.5. The van der Waals surface area contributed by atoms with Crippen molar-refractivity contribution in [3.8, 4) is 0 Å². The van der Waals surface area contributed by atoms with Crippen molar-refractivity contribution in [1.82, 2.24) is 5.32 Å². The van der Waals surface area contributed by atoms with Crippen molar-refractivity contribution >= 4 is 24.0 Å². The van der Waals surface area contributed by atoms with Gasteiger partial charge in [0.2, 0.25) is 0 Å². The highest BCUT2D eigenvalue weighted by Gasteiger charge is 2.29. The Labute approximate surface area is 78.7 Å². The summed E-state index contributed by atoms with van der Waals surface area (Å²) in [4.78, 5) is 0. The molecule has 0 spiro atoms. The molecular weight excluding hydrogens is 185 g/mol. The van der Waals surface area contributed by atoms with Crippen molar-refractivity contribution in [1.29, 1.82) is 0 Å². The predicted octanol–water partition coefficient (Wildman–Crippen LogP) is 1.01. The lowest BCUT2D eigenvalue weighted by molar-refractivity contribution is 0.111. The lowest BCUT2D eigenvalue weighted by Crippen LogP contribution is -2.40. The van der Waals surface area contributed by atoms with Crippen LogP contribution >= 0.6 is 24.0 Å². The Hall–Kier alpha value is 0.500. The zero-order chi connectivity index (χ0) is 7.45. The van der Waals surface area contributed by atoms with Crippen LogP contribution in [0.3, 0.4) is 0 Å². The van der Waals surface area contributed by atoms with Gasteiger partial charge in [0.05, 0.1) is 0 Å². The quantitative estimate of drug-likeness (QED) is 0.652. The number of rotatable bonds is 2. The molecule has 0 aromatic carbocycles. The van der Waals surface area contributed by atoms with Crippen LogP contribution in [0.5, 0.6) is 0 Å². The van der Waals surface area contributed by atoms with Crippen LogP contribution in [0.15, 0.2) is 0 Å². The summed E-state index contributed by atoms with van der Waals surface area (Å²) < 4.78 is 0. The third-order valence-corrected chi connectivity index (χ3v) is 2.85. The van der Waals surface area contributed by atoms with Gasteiger partial charge in [-0.05, 0) is 25.9 Å². The van der Waals surface area contributed by atoms with E-state index >= 15 is 0 Å².